The van der Waals surface area contributed by atoms with E-state index in [0.717, 1.165) is 30.5 Å². The van der Waals surface area contributed by atoms with E-state index in [1.165, 1.54) is 45.4 Å². The van der Waals surface area contributed by atoms with Crippen LogP contribution in [0.4, 0.5) is 0 Å². The lowest BCUT2D eigenvalue weighted by Crippen LogP contribution is -2.58. The summed E-state index contributed by atoms with van der Waals surface area (Å²) in [6.07, 6.45) is 4.18. The van der Waals surface area contributed by atoms with Crippen LogP contribution in [-0.2, 0) is 0 Å². The van der Waals surface area contributed by atoms with Crippen LogP contribution < -0.4 is 5.73 Å². The first-order valence-corrected chi connectivity index (χ1v) is 6.96. The zero-order valence-corrected chi connectivity index (χ0v) is 10.4. The van der Waals surface area contributed by atoms with Crippen molar-refractivity contribution >= 4 is 0 Å². The number of rotatable bonds is 2. The van der Waals surface area contributed by atoms with E-state index in [1.807, 2.05) is 0 Å². The number of piperidine rings is 3. The molecule has 0 aromatic carbocycles. The Bertz CT molecular complexity index is 248. The molecule has 3 atom stereocenters. The van der Waals surface area contributed by atoms with Gasteiger partial charge in [0, 0.05) is 25.2 Å². The minimum Gasteiger partial charge on any atom is -0.330 e. The van der Waals surface area contributed by atoms with Crippen LogP contribution in [0.1, 0.15) is 26.2 Å². The zero-order chi connectivity index (χ0) is 11.1. The van der Waals surface area contributed by atoms with Gasteiger partial charge in [0.2, 0.25) is 0 Å². The summed E-state index contributed by atoms with van der Waals surface area (Å²) in [4.78, 5) is 5.43. The third-order valence-electron chi connectivity index (χ3n) is 5.09. The molecule has 2 N–H and O–H groups in total. The Hall–Kier alpha value is -0.120. The summed E-state index contributed by atoms with van der Waals surface area (Å²) < 4.78 is 0. The molecule has 3 nitrogen and oxygen atoms in total. The Morgan fingerprint density at radius 1 is 1.19 bits per heavy atom. The van der Waals surface area contributed by atoms with Crippen LogP contribution in [0.5, 0.6) is 0 Å². The monoisotopic (exact) mass is 223 g/mol. The van der Waals surface area contributed by atoms with Gasteiger partial charge >= 0.3 is 0 Å². The van der Waals surface area contributed by atoms with Crippen molar-refractivity contribution in [1.82, 2.24) is 9.80 Å². The summed E-state index contributed by atoms with van der Waals surface area (Å²) in [5, 5.41) is 0. The molecular weight excluding hydrogens is 198 g/mol. The van der Waals surface area contributed by atoms with Gasteiger partial charge in [0.15, 0.2) is 0 Å². The van der Waals surface area contributed by atoms with Gasteiger partial charge in [-0.25, -0.2) is 0 Å². The lowest BCUT2D eigenvalue weighted by Gasteiger charge is -2.49. The minimum absolute atomic E-state index is 0.755. The number of nitrogens with zero attached hydrogens (tertiary/aromatic N) is 2. The second-order valence-electron chi connectivity index (χ2n) is 6.09. The molecule has 0 radical (unpaired) electrons. The highest BCUT2D eigenvalue weighted by Crippen LogP contribution is 2.35. The number of nitrogens with two attached hydrogens (primary N) is 1. The Balaban J connectivity index is 1.69. The SMILES string of the molecule is CC1CC(CN)CN1C1CN2CCC1CC2. The minimum atomic E-state index is 0.755. The molecule has 0 aromatic rings. The predicted octanol–water partition coefficient (Wildman–Crippen LogP) is 0.750. The van der Waals surface area contributed by atoms with Crippen LogP contribution in [0.25, 0.3) is 0 Å². The summed E-state index contributed by atoms with van der Waals surface area (Å²) in [6.45, 7) is 8.56. The van der Waals surface area contributed by atoms with Crippen LogP contribution in [0, 0.1) is 11.8 Å². The topological polar surface area (TPSA) is 32.5 Å². The normalized spacial score (nSPS) is 48.8. The average molecular weight is 223 g/mol. The van der Waals surface area contributed by atoms with Crippen molar-refractivity contribution in [2.45, 2.75) is 38.3 Å². The first kappa shape index (κ1) is 11.0. The Morgan fingerprint density at radius 3 is 2.44 bits per heavy atom. The third-order valence-corrected chi connectivity index (χ3v) is 5.09. The summed E-state index contributed by atoms with van der Waals surface area (Å²) in [6, 6.07) is 1.60. The van der Waals surface area contributed by atoms with Crippen molar-refractivity contribution in [3.63, 3.8) is 0 Å². The summed E-state index contributed by atoms with van der Waals surface area (Å²) >= 11 is 0. The van der Waals surface area contributed by atoms with Crippen molar-refractivity contribution in [2.24, 2.45) is 17.6 Å². The van der Waals surface area contributed by atoms with Gasteiger partial charge in [0.1, 0.15) is 0 Å². The Morgan fingerprint density at radius 2 is 1.94 bits per heavy atom. The van der Waals surface area contributed by atoms with Crippen LogP contribution in [-0.4, -0.2) is 54.6 Å². The molecular formula is C13H25N3. The Labute approximate surface area is 99.0 Å². The van der Waals surface area contributed by atoms with Gasteiger partial charge in [-0.3, -0.25) is 4.90 Å². The van der Waals surface area contributed by atoms with Gasteiger partial charge in [-0.05, 0) is 57.7 Å². The largest absolute Gasteiger partial charge is 0.330 e. The second-order valence-corrected chi connectivity index (χ2v) is 6.09. The van der Waals surface area contributed by atoms with E-state index in [0.29, 0.717) is 0 Å². The lowest BCUT2D eigenvalue weighted by molar-refractivity contribution is 0.00128. The number of likely N-dealkylation sites (tertiary alicyclic amines) is 1. The van der Waals surface area contributed by atoms with Gasteiger partial charge in [-0.2, -0.15) is 0 Å². The fourth-order valence-electron chi connectivity index (χ4n) is 4.11. The van der Waals surface area contributed by atoms with E-state index in [4.69, 9.17) is 5.73 Å². The molecule has 4 saturated heterocycles. The van der Waals surface area contributed by atoms with Gasteiger partial charge in [-0.1, -0.05) is 0 Å². The van der Waals surface area contributed by atoms with Gasteiger partial charge in [0.05, 0.1) is 0 Å². The van der Waals surface area contributed by atoms with Crippen molar-refractivity contribution < 1.29 is 0 Å². The lowest BCUT2D eigenvalue weighted by atomic mass is 9.83. The zero-order valence-electron chi connectivity index (χ0n) is 10.4. The molecule has 0 amide bonds. The molecule has 4 aliphatic rings. The molecule has 0 saturated carbocycles. The van der Waals surface area contributed by atoms with Crippen LogP contribution >= 0.6 is 0 Å². The van der Waals surface area contributed by atoms with Crippen LogP contribution in [0.15, 0.2) is 0 Å². The van der Waals surface area contributed by atoms with Crippen molar-refractivity contribution in [3.8, 4) is 0 Å². The summed E-state index contributed by atoms with van der Waals surface area (Å²) in [5.74, 6) is 1.73. The highest BCUT2D eigenvalue weighted by atomic mass is 15.3. The van der Waals surface area contributed by atoms with E-state index in [-0.39, 0.29) is 0 Å². The first-order chi connectivity index (χ1) is 7.78. The summed E-state index contributed by atoms with van der Waals surface area (Å²) in [7, 11) is 0. The van der Waals surface area contributed by atoms with E-state index in [2.05, 4.69) is 16.7 Å². The number of hydrogen-bond acceptors (Lipinski definition) is 3. The standard InChI is InChI=1S/C13H25N3/c1-10-6-11(7-14)8-16(10)13-9-15-4-2-12(13)3-5-15/h10-13H,2-9,14H2,1H3. The summed E-state index contributed by atoms with van der Waals surface area (Å²) in [5.41, 5.74) is 5.83. The average Bonchev–Trinajstić information content (AvgIpc) is 2.72. The molecule has 2 bridgehead atoms. The highest BCUT2D eigenvalue weighted by molar-refractivity contribution is 4.97. The molecule has 0 aromatic heterocycles. The fraction of sp³-hybridized carbons (Fsp3) is 1.00. The number of fused-ring (bicyclic) bond motifs is 3. The smallest absolute Gasteiger partial charge is 0.0255 e. The van der Waals surface area contributed by atoms with E-state index in [9.17, 15) is 0 Å². The second kappa shape index (κ2) is 4.28. The van der Waals surface area contributed by atoms with E-state index >= 15 is 0 Å². The molecule has 92 valence electrons. The molecule has 0 spiro atoms. The van der Waals surface area contributed by atoms with E-state index < -0.39 is 0 Å². The molecule has 4 aliphatic heterocycles. The maximum atomic E-state index is 5.83. The highest BCUT2D eigenvalue weighted by Gasteiger charge is 2.41. The van der Waals surface area contributed by atoms with Crippen molar-refractivity contribution in [1.29, 1.82) is 0 Å². The molecule has 3 heteroatoms. The molecule has 3 unspecified atom stereocenters. The number of hydrogen-bond donors (Lipinski definition) is 1. The molecule has 4 rings (SSSR count). The predicted molar refractivity (Wildman–Crippen MR) is 66.3 cm³/mol. The fourth-order valence-corrected chi connectivity index (χ4v) is 4.11. The van der Waals surface area contributed by atoms with Gasteiger partial charge < -0.3 is 10.6 Å². The van der Waals surface area contributed by atoms with Crippen LogP contribution in [0.3, 0.4) is 0 Å². The van der Waals surface area contributed by atoms with Gasteiger partial charge in [-0.15, -0.1) is 0 Å². The molecule has 4 fully saturated rings. The quantitative estimate of drug-likeness (QED) is 0.750. The van der Waals surface area contributed by atoms with Crippen LogP contribution in [0.2, 0.25) is 0 Å². The van der Waals surface area contributed by atoms with Gasteiger partial charge in [0.25, 0.3) is 0 Å². The van der Waals surface area contributed by atoms with Crippen molar-refractivity contribution in [3.05, 3.63) is 0 Å². The third kappa shape index (κ3) is 1.79. The maximum Gasteiger partial charge on any atom is 0.0255 e. The van der Waals surface area contributed by atoms with E-state index in [1.54, 1.807) is 0 Å². The molecule has 16 heavy (non-hydrogen) atoms. The molecule has 4 heterocycles. The Kier molecular flexibility index (Phi) is 2.94. The maximum absolute atomic E-state index is 5.83. The first-order valence-electron chi connectivity index (χ1n) is 6.96. The molecule has 0 aliphatic carbocycles. The van der Waals surface area contributed by atoms with Crippen molar-refractivity contribution in [2.75, 3.05) is 32.7 Å².